The van der Waals surface area contributed by atoms with Crippen molar-refractivity contribution >= 4 is 21.7 Å². The number of H-pyrrole nitrogens is 1. The number of anilines is 1. The third-order valence-electron chi connectivity index (χ3n) is 2.89. The van der Waals surface area contributed by atoms with Crippen LogP contribution in [0.25, 0.3) is 11.3 Å². The van der Waals surface area contributed by atoms with Crippen molar-refractivity contribution in [3.05, 3.63) is 28.2 Å². The van der Waals surface area contributed by atoms with E-state index in [0.29, 0.717) is 11.7 Å². The number of nitrogens with zero attached hydrogens (tertiary/aromatic N) is 1. The summed E-state index contributed by atoms with van der Waals surface area (Å²) in [5.74, 6) is 1.72. The molecule has 4 nitrogen and oxygen atoms in total. The fourth-order valence-electron chi connectivity index (χ4n) is 1.79. The Bertz CT molecular complexity index is 563. The molecule has 0 amide bonds. The maximum Gasteiger partial charge on any atom is 0.160 e. The third kappa shape index (κ3) is 2.22. The summed E-state index contributed by atoms with van der Waals surface area (Å²) in [6.07, 6.45) is 0. The second-order valence-corrected chi connectivity index (χ2v) is 5.21. The molecule has 0 saturated carbocycles. The van der Waals surface area contributed by atoms with Gasteiger partial charge in [0.15, 0.2) is 5.82 Å². The number of nitrogens with two attached hydrogens (primary N) is 1. The van der Waals surface area contributed by atoms with Gasteiger partial charge in [-0.15, -0.1) is 0 Å². The maximum atomic E-state index is 5.72. The molecule has 1 heterocycles. The molecule has 0 saturated heterocycles. The second kappa shape index (κ2) is 5.02. The van der Waals surface area contributed by atoms with Crippen LogP contribution in [-0.2, 0) is 0 Å². The summed E-state index contributed by atoms with van der Waals surface area (Å²) in [4.78, 5) is 0. The number of hydrogen-bond donors (Lipinski definition) is 2. The molecular formula is C13H16BrN3O. The highest BCUT2D eigenvalue weighted by atomic mass is 79.9. The highest BCUT2D eigenvalue weighted by Gasteiger charge is 2.15. The van der Waals surface area contributed by atoms with Crippen LogP contribution in [0.4, 0.5) is 5.82 Å². The summed E-state index contributed by atoms with van der Waals surface area (Å²) < 4.78 is 6.21. The van der Waals surface area contributed by atoms with Gasteiger partial charge in [-0.3, -0.25) is 5.10 Å². The van der Waals surface area contributed by atoms with Gasteiger partial charge in [0, 0.05) is 5.56 Å². The average Bonchev–Trinajstić information content (AvgIpc) is 2.69. The van der Waals surface area contributed by atoms with Crippen LogP contribution in [0.2, 0.25) is 0 Å². The first-order valence-corrected chi connectivity index (χ1v) is 6.51. The number of benzene rings is 1. The number of aromatic amines is 1. The number of halogens is 1. The Balaban J connectivity index is 2.54. The fraction of sp³-hybridized carbons (Fsp3) is 0.308. The van der Waals surface area contributed by atoms with E-state index in [9.17, 15) is 0 Å². The number of aromatic nitrogens is 2. The third-order valence-corrected chi connectivity index (χ3v) is 3.70. The van der Waals surface area contributed by atoms with Crippen molar-refractivity contribution in [2.75, 3.05) is 12.8 Å². The van der Waals surface area contributed by atoms with Crippen LogP contribution in [0, 0.1) is 0 Å². The van der Waals surface area contributed by atoms with Crippen molar-refractivity contribution in [3.63, 3.8) is 0 Å². The minimum absolute atomic E-state index is 0.444. The molecule has 1 aromatic heterocycles. The van der Waals surface area contributed by atoms with E-state index in [2.05, 4.69) is 46.0 Å². The molecule has 0 unspecified atom stereocenters. The standard InChI is InChI=1S/C13H16BrN3O/c1-7(2)8-4-5-9(10(6-8)18-3)12-11(14)13(15)17-16-12/h4-7H,1-3H3,(H3,15,16,17). The van der Waals surface area contributed by atoms with Crippen LogP contribution in [0.3, 0.4) is 0 Å². The zero-order chi connectivity index (χ0) is 13.3. The van der Waals surface area contributed by atoms with Gasteiger partial charge in [0.05, 0.1) is 17.3 Å². The molecule has 2 rings (SSSR count). The first-order chi connectivity index (χ1) is 8.54. The van der Waals surface area contributed by atoms with Crippen molar-refractivity contribution in [1.82, 2.24) is 10.2 Å². The lowest BCUT2D eigenvalue weighted by Crippen LogP contribution is -1.93. The van der Waals surface area contributed by atoms with Crippen molar-refractivity contribution in [1.29, 1.82) is 0 Å². The topological polar surface area (TPSA) is 63.9 Å². The van der Waals surface area contributed by atoms with Gasteiger partial charge in [0.2, 0.25) is 0 Å². The van der Waals surface area contributed by atoms with Gasteiger partial charge in [0.25, 0.3) is 0 Å². The molecule has 0 aliphatic carbocycles. The Morgan fingerprint density at radius 1 is 1.39 bits per heavy atom. The molecule has 18 heavy (non-hydrogen) atoms. The van der Waals surface area contributed by atoms with Crippen molar-refractivity contribution in [2.45, 2.75) is 19.8 Å². The van der Waals surface area contributed by atoms with Gasteiger partial charge in [0.1, 0.15) is 5.75 Å². The number of nitrogens with one attached hydrogen (secondary N) is 1. The summed E-state index contributed by atoms with van der Waals surface area (Å²) in [6.45, 7) is 4.30. The van der Waals surface area contributed by atoms with Crippen LogP contribution in [0.1, 0.15) is 25.3 Å². The highest BCUT2D eigenvalue weighted by molar-refractivity contribution is 9.10. The quantitative estimate of drug-likeness (QED) is 0.911. The highest BCUT2D eigenvalue weighted by Crippen LogP contribution is 2.37. The molecular weight excluding hydrogens is 294 g/mol. The van der Waals surface area contributed by atoms with E-state index in [1.165, 1.54) is 5.56 Å². The average molecular weight is 310 g/mol. The van der Waals surface area contributed by atoms with Gasteiger partial charge >= 0.3 is 0 Å². The predicted octanol–water partition coefficient (Wildman–Crippen LogP) is 3.55. The number of rotatable bonds is 3. The molecule has 3 N–H and O–H groups in total. The van der Waals surface area contributed by atoms with Crippen molar-refractivity contribution < 1.29 is 4.74 Å². The summed E-state index contributed by atoms with van der Waals surface area (Å²) in [5.41, 5.74) is 8.73. The monoisotopic (exact) mass is 309 g/mol. The van der Waals surface area contributed by atoms with Gasteiger partial charge in [-0.05, 0) is 39.5 Å². The minimum atomic E-state index is 0.444. The Labute approximate surface area is 115 Å². The van der Waals surface area contributed by atoms with Crippen LogP contribution in [-0.4, -0.2) is 17.3 Å². The normalized spacial score (nSPS) is 10.9. The summed E-state index contributed by atoms with van der Waals surface area (Å²) in [6, 6.07) is 6.15. The molecule has 0 atom stereocenters. The molecule has 0 bridgehead atoms. The lowest BCUT2D eigenvalue weighted by Gasteiger charge is -2.12. The van der Waals surface area contributed by atoms with E-state index in [1.54, 1.807) is 7.11 Å². The number of methoxy groups -OCH3 is 1. The second-order valence-electron chi connectivity index (χ2n) is 4.41. The first kappa shape index (κ1) is 13.0. The SMILES string of the molecule is COc1cc(C(C)C)ccc1-c1[nH]nc(N)c1Br. The largest absolute Gasteiger partial charge is 0.496 e. The first-order valence-electron chi connectivity index (χ1n) is 5.72. The van der Waals surface area contributed by atoms with Gasteiger partial charge in [-0.25, -0.2) is 0 Å². The van der Waals surface area contributed by atoms with Crippen LogP contribution >= 0.6 is 15.9 Å². The van der Waals surface area contributed by atoms with E-state index in [0.717, 1.165) is 21.5 Å². The molecule has 0 spiro atoms. The van der Waals surface area contributed by atoms with E-state index in [1.807, 2.05) is 12.1 Å². The molecule has 0 aliphatic rings. The molecule has 96 valence electrons. The molecule has 5 heteroatoms. The van der Waals surface area contributed by atoms with Gasteiger partial charge in [-0.1, -0.05) is 19.9 Å². The Kier molecular flexibility index (Phi) is 3.61. The Hall–Kier alpha value is -1.49. The molecule has 1 aromatic carbocycles. The van der Waals surface area contributed by atoms with Crippen LogP contribution in [0.15, 0.2) is 22.7 Å². The van der Waals surface area contributed by atoms with Crippen LogP contribution < -0.4 is 10.5 Å². The van der Waals surface area contributed by atoms with Gasteiger partial charge in [-0.2, -0.15) is 5.10 Å². The number of ether oxygens (including phenoxy) is 1. The van der Waals surface area contributed by atoms with Crippen molar-refractivity contribution in [2.24, 2.45) is 0 Å². The van der Waals surface area contributed by atoms with Crippen molar-refractivity contribution in [3.8, 4) is 17.0 Å². The minimum Gasteiger partial charge on any atom is -0.496 e. The van der Waals surface area contributed by atoms with E-state index in [-0.39, 0.29) is 0 Å². The zero-order valence-electron chi connectivity index (χ0n) is 10.6. The lowest BCUT2D eigenvalue weighted by molar-refractivity contribution is 0.415. The summed E-state index contributed by atoms with van der Waals surface area (Å²) in [7, 11) is 1.66. The van der Waals surface area contributed by atoms with Crippen LogP contribution in [0.5, 0.6) is 5.75 Å². The van der Waals surface area contributed by atoms with Gasteiger partial charge < -0.3 is 10.5 Å². The van der Waals surface area contributed by atoms with E-state index in [4.69, 9.17) is 10.5 Å². The lowest BCUT2D eigenvalue weighted by atomic mass is 10.00. The summed E-state index contributed by atoms with van der Waals surface area (Å²) in [5, 5.41) is 6.89. The Morgan fingerprint density at radius 2 is 2.11 bits per heavy atom. The zero-order valence-corrected chi connectivity index (χ0v) is 12.2. The fourth-order valence-corrected chi connectivity index (χ4v) is 2.19. The van der Waals surface area contributed by atoms with E-state index >= 15 is 0 Å². The molecule has 0 radical (unpaired) electrons. The maximum absolute atomic E-state index is 5.72. The van der Waals surface area contributed by atoms with E-state index < -0.39 is 0 Å². The summed E-state index contributed by atoms with van der Waals surface area (Å²) >= 11 is 3.42. The number of nitrogen functional groups attached to an aromatic ring is 1. The predicted molar refractivity (Wildman–Crippen MR) is 76.8 cm³/mol. The molecule has 0 fully saturated rings. The Morgan fingerprint density at radius 3 is 2.61 bits per heavy atom. The number of hydrogen-bond acceptors (Lipinski definition) is 3. The molecule has 0 aliphatic heterocycles. The smallest absolute Gasteiger partial charge is 0.160 e. The molecule has 2 aromatic rings.